The average molecular weight is 286 g/mol. The lowest BCUT2D eigenvalue weighted by Crippen LogP contribution is -2.48. The highest BCUT2D eigenvalue weighted by Gasteiger charge is 2.32. The largest absolute Gasteiger partial charge is 0.496 e. The Kier molecular flexibility index (Phi) is 3.24. The molecule has 0 spiro atoms. The number of benzene rings is 1. The Hall–Kier alpha value is -0.580. The number of rotatable bonds is 2. The Labute approximate surface area is 104 Å². The molecule has 2 rings (SSSR count). The molecule has 1 aliphatic carbocycles. The summed E-state index contributed by atoms with van der Waals surface area (Å²) < 4.78 is 6.45. The summed E-state index contributed by atoms with van der Waals surface area (Å²) in [6.45, 7) is 0.0160. The minimum absolute atomic E-state index is 0.0160. The van der Waals surface area contributed by atoms with Crippen LogP contribution in [0.4, 0.5) is 0 Å². The van der Waals surface area contributed by atoms with Crippen molar-refractivity contribution in [3.63, 3.8) is 0 Å². The van der Waals surface area contributed by atoms with Gasteiger partial charge < -0.3 is 15.6 Å². The second kappa shape index (κ2) is 4.35. The molecule has 0 heterocycles. The van der Waals surface area contributed by atoms with Crippen molar-refractivity contribution in [3.8, 4) is 5.75 Å². The van der Waals surface area contributed by atoms with E-state index in [1.54, 1.807) is 7.11 Å². The standard InChI is InChI=1S/C12H16BrNO2/c1-16-11-3-2-10(13)8-4-5-12(14,7-15)6-9(8)11/h2-3,15H,4-7,14H2,1H3. The Bertz CT molecular complexity index is 408. The molecule has 16 heavy (non-hydrogen) atoms. The number of aliphatic hydroxyl groups is 1. The van der Waals surface area contributed by atoms with Gasteiger partial charge in [-0.05, 0) is 37.0 Å². The van der Waals surface area contributed by atoms with Gasteiger partial charge in [0.1, 0.15) is 5.75 Å². The van der Waals surface area contributed by atoms with E-state index in [9.17, 15) is 5.11 Å². The second-order valence-electron chi connectivity index (χ2n) is 4.40. The van der Waals surface area contributed by atoms with E-state index >= 15 is 0 Å². The third kappa shape index (κ3) is 1.97. The molecule has 3 N–H and O–H groups in total. The highest BCUT2D eigenvalue weighted by atomic mass is 79.9. The van der Waals surface area contributed by atoms with Crippen LogP contribution >= 0.6 is 15.9 Å². The van der Waals surface area contributed by atoms with Gasteiger partial charge in [-0.15, -0.1) is 0 Å². The van der Waals surface area contributed by atoms with Crippen LogP contribution in [0.15, 0.2) is 16.6 Å². The first kappa shape index (κ1) is 11.9. The van der Waals surface area contributed by atoms with Crippen LogP contribution in [0.25, 0.3) is 0 Å². The lowest BCUT2D eigenvalue weighted by atomic mass is 9.79. The molecule has 3 nitrogen and oxygen atoms in total. The molecule has 0 amide bonds. The van der Waals surface area contributed by atoms with Crippen LogP contribution in [0.1, 0.15) is 17.5 Å². The molecule has 0 bridgehead atoms. The van der Waals surface area contributed by atoms with Gasteiger partial charge in [0.05, 0.1) is 13.7 Å². The lowest BCUT2D eigenvalue weighted by Gasteiger charge is -2.34. The Morgan fingerprint density at radius 1 is 1.50 bits per heavy atom. The summed E-state index contributed by atoms with van der Waals surface area (Å²) in [6.07, 6.45) is 2.36. The quantitative estimate of drug-likeness (QED) is 0.869. The molecule has 88 valence electrons. The summed E-state index contributed by atoms with van der Waals surface area (Å²) in [7, 11) is 1.66. The maximum atomic E-state index is 9.33. The summed E-state index contributed by atoms with van der Waals surface area (Å²) in [6, 6.07) is 3.94. The van der Waals surface area contributed by atoms with Gasteiger partial charge in [-0.3, -0.25) is 0 Å². The van der Waals surface area contributed by atoms with E-state index < -0.39 is 5.54 Å². The number of nitrogens with two attached hydrogens (primary N) is 1. The van der Waals surface area contributed by atoms with Gasteiger partial charge in [0.15, 0.2) is 0 Å². The van der Waals surface area contributed by atoms with Crippen LogP contribution < -0.4 is 10.5 Å². The van der Waals surface area contributed by atoms with Crippen molar-refractivity contribution in [1.29, 1.82) is 0 Å². The van der Waals surface area contributed by atoms with E-state index in [0.29, 0.717) is 6.42 Å². The molecule has 1 atom stereocenters. The Balaban J connectivity index is 2.46. The predicted molar refractivity (Wildman–Crippen MR) is 66.7 cm³/mol. The number of aliphatic hydroxyl groups excluding tert-OH is 1. The van der Waals surface area contributed by atoms with Gasteiger partial charge in [0, 0.05) is 15.6 Å². The molecule has 4 heteroatoms. The van der Waals surface area contributed by atoms with Gasteiger partial charge in [0.25, 0.3) is 0 Å². The number of hydrogen-bond donors (Lipinski definition) is 2. The van der Waals surface area contributed by atoms with E-state index in [0.717, 1.165) is 28.6 Å². The number of halogens is 1. The van der Waals surface area contributed by atoms with Crippen LogP contribution in [0.2, 0.25) is 0 Å². The first-order valence-corrected chi connectivity index (χ1v) is 6.13. The van der Waals surface area contributed by atoms with Crippen molar-refractivity contribution < 1.29 is 9.84 Å². The van der Waals surface area contributed by atoms with Gasteiger partial charge in [-0.2, -0.15) is 0 Å². The molecule has 1 aromatic carbocycles. The Morgan fingerprint density at radius 3 is 2.88 bits per heavy atom. The topological polar surface area (TPSA) is 55.5 Å². The van der Waals surface area contributed by atoms with Crippen molar-refractivity contribution >= 4 is 15.9 Å². The third-order valence-electron chi connectivity index (χ3n) is 3.27. The smallest absolute Gasteiger partial charge is 0.122 e. The predicted octanol–water partition coefficient (Wildman–Crippen LogP) is 1.64. The molecular weight excluding hydrogens is 270 g/mol. The van der Waals surface area contributed by atoms with Crippen LogP contribution in [-0.4, -0.2) is 24.4 Å². The van der Waals surface area contributed by atoms with E-state index in [-0.39, 0.29) is 6.61 Å². The summed E-state index contributed by atoms with van der Waals surface area (Å²) >= 11 is 3.55. The highest BCUT2D eigenvalue weighted by molar-refractivity contribution is 9.10. The van der Waals surface area contributed by atoms with Gasteiger partial charge in [-0.25, -0.2) is 0 Å². The molecule has 0 fully saturated rings. The number of hydrogen-bond acceptors (Lipinski definition) is 3. The molecule has 0 aromatic heterocycles. The number of ether oxygens (including phenoxy) is 1. The summed E-state index contributed by atoms with van der Waals surface area (Å²) in [5, 5.41) is 9.33. The summed E-state index contributed by atoms with van der Waals surface area (Å²) in [4.78, 5) is 0. The zero-order chi connectivity index (χ0) is 11.8. The van der Waals surface area contributed by atoms with Crippen LogP contribution in [0, 0.1) is 0 Å². The van der Waals surface area contributed by atoms with Gasteiger partial charge in [-0.1, -0.05) is 15.9 Å². The summed E-state index contributed by atoms with van der Waals surface area (Å²) in [5.41, 5.74) is 8.01. The van der Waals surface area contributed by atoms with Gasteiger partial charge in [0.2, 0.25) is 0 Å². The molecule has 0 saturated carbocycles. The zero-order valence-electron chi connectivity index (χ0n) is 9.29. The van der Waals surface area contributed by atoms with Crippen molar-refractivity contribution in [2.45, 2.75) is 24.8 Å². The van der Waals surface area contributed by atoms with E-state index in [2.05, 4.69) is 15.9 Å². The van der Waals surface area contributed by atoms with Crippen molar-refractivity contribution in [1.82, 2.24) is 0 Å². The van der Waals surface area contributed by atoms with E-state index in [4.69, 9.17) is 10.5 Å². The number of fused-ring (bicyclic) bond motifs is 1. The maximum Gasteiger partial charge on any atom is 0.122 e. The maximum absolute atomic E-state index is 9.33. The van der Waals surface area contributed by atoms with Gasteiger partial charge >= 0.3 is 0 Å². The van der Waals surface area contributed by atoms with Crippen LogP contribution in [0.3, 0.4) is 0 Å². The Morgan fingerprint density at radius 2 is 2.25 bits per heavy atom. The minimum atomic E-state index is -0.499. The minimum Gasteiger partial charge on any atom is -0.496 e. The molecule has 0 saturated heterocycles. The first-order chi connectivity index (χ1) is 7.59. The fourth-order valence-corrected chi connectivity index (χ4v) is 2.82. The monoisotopic (exact) mass is 285 g/mol. The molecule has 0 aliphatic heterocycles. The SMILES string of the molecule is COc1ccc(Br)c2c1CC(N)(CO)CC2. The lowest BCUT2D eigenvalue weighted by molar-refractivity contribution is 0.179. The fraction of sp³-hybridized carbons (Fsp3) is 0.500. The number of methoxy groups -OCH3 is 1. The molecular formula is C12H16BrNO2. The molecule has 1 unspecified atom stereocenters. The van der Waals surface area contributed by atoms with Crippen molar-refractivity contribution in [2.75, 3.05) is 13.7 Å². The third-order valence-corrected chi connectivity index (χ3v) is 4.01. The molecule has 1 aromatic rings. The van der Waals surface area contributed by atoms with E-state index in [1.165, 1.54) is 5.56 Å². The average Bonchev–Trinajstić information content (AvgIpc) is 2.29. The first-order valence-electron chi connectivity index (χ1n) is 5.33. The normalized spacial score (nSPS) is 24.0. The van der Waals surface area contributed by atoms with Crippen LogP contribution in [0.5, 0.6) is 5.75 Å². The van der Waals surface area contributed by atoms with Crippen LogP contribution in [-0.2, 0) is 12.8 Å². The van der Waals surface area contributed by atoms with Crippen molar-refractivity contribution in [3.05, 3.63) is 27.7 Å². The highest BCUT2D eigenvalue weighted by Crippen LogP contribution is 2.37. The molecule has 1 aliphatic rings. The summed E-state index contributed by atoms with van der Waals surface area (Å²) in [5.74, 6) is 0.862. The fourth-order valence-electron chi connectivity index (χ4n) is 2.25. The second-order valence-corrected chi connectivity index (χ2v) is 5.26. The zero-order valence-corrected chi connectivity index (χ0v) is 10.9. The molecule has 0 radical (unpaired) electrons. The van der Waals surface area contributed by atoms with E-state index in [1.807, 2.05) is 12.1 Å². The van der Waals surface area contributed by atoms with Crippen molar-refractivity contribution in [2.24, 2.45) is 5.73 Å².